The first-order valence-corrected chi connectivity index (χ1v) is 6.40. The summed E-state index contributed by atoms with van der Waals surface area (Å²) in [6, 6.07) is 1.57. The van der Waals surface area contributed by atoms with E-state index in [0.29, 0.717) is 25.6 Å². The van der Waals surface area contributed by atoms with Gasteiger partial charge in [-0.2, -0.15) is 13.2 Å². The highest BCUT2D eigenvalue weighted by Gasteiger charge is 2.33. The normalized spacial score (nSPS) is 11.4. The van der Waals surface area contributed by atoms with Crippen LogP contribution in [0.25, 0.3) is 0 Å². The first kappa shape index (κ1) is 17.2. The Balaban J connectivity index is 2.71. The number of carboxylic acids is 1. The van der Waals surface area contributed by atoms with Crippen LogP contribution in [0.1, 0.15) is 35.3 Å². The predicted octanol–water partition coefficient (Wildman–Crippen LogP) is 3.03. The molecule has 1 aromatic rings. The van der Waals surface area contributed by atoms with Gasteiger partial charge in [-0.1, -0.05) is 0 Å². The molecule has 8 heteroatoms. The third kappa shape index (κ3) is 5.58. The summed E-state index contributed by atoms with van der Waals surface area (Å²) in [7, 11) is 1.59. The molecule has 0 bridgehead atoms. The Kier molecular flexibility index (Phi) is 6.41. The third-order valence-electron chi connectivity index (χ3n) is 2.73. The number of methoxy groups -OCH3 is 1. The number of hydrogen-bond acceptors (Lipinski definition) is 4. The third-order valence-corrected chi connectivity index (χ3v) is 2.73. The van der Waals surface area contributed by atoms with Crippen LogP contribution in [-0.4, -0.2) is 36.3 Å². The SMILES string of the molecule is COCCCCCNc1nc(C(F)(F)F)ccc1C(=O)O. The zero-order valence-corrected chi connectivity index (χ0v) is 11.5. The van der Waals surface area contributed by atoms with E-state index < -0.39 is 17.8 Å². The smallest absolute Gasteiger partial charge is 0.433 e. The second kappa shape index (κ2) is 7.82. The van der Waals surface area contributed by atoms with Crippen molar-refractivity contribution in [1.29, 1.82) is 0 Å². The predicted molar refractivity (Wildman–Crippen MR) is 70.4 cm³/mol. The van der Waals surface area contributed by atoms with Crippen molar-refractivity contribution in [3.05, 3.63) is 23.4 Å². The quantitative estimate of drug-likeness (QED) is 0.722. The van der Waals surface area contributed by atoms with Crippen molar-refractivity contribution in [3.8, 4) is 0 Å². The average molecular weight is 306 g/mol. The fraction of sp³-hybridized carbons (Fsp3) is 0.538. The summed E-state index contributed by atoms with van der Waals surface area (Å²) in [5, 5.41) is 11.6. The van der Waals surface area contributed by atoms with E-state index in [9.17, 15) is 18.0 Å². The number of alkyl halides is 3. The first-order valence-electron chi connectivity index (χ1n) is 6.40. The first-order chi connectivity index (χ1) is 9.86. The molecule has 1 aromatic heterocycles. The molecule has 0 aliphatic heterocycles. The Bertz CT molecular complexity index is 478. The molecule has 5 nitrogen and oxygen atoms in total. The van der Waals surface area contributed by atoms with Crippen molar-refractivity contribution >= 4 is 11.8 Å². The highest BCUT2D eigenvalue weighted by atomic mass is 19.4. The Morgan fingerprint density at radius 1 is 1.33 bits per heavy atom. The molecule has 0 saturated carbocycles. The molecule has 2 N–H and O–H groups in total. The van der Waals surface area contributed by atoms with Crippen LogP contribution in [0, 0.1) is 0 Å². The number of ether oxygens (including phenoxy) is 1. The summed E-state index contributed by atoms with van der Waals surface area (Å²) in [5.41, 5.74) is -1.39. The van der Waals surface area contributed by atoms with Gasteiger partial charge < -0.3 is 15.2 Å². The van der Waals surface area contributed by atoms with Crippen LogP contribution >= 0.6 is 0 Å². The van der Waals surface area contributed by atoms with Gasteiger partial charge in [0.2, 0.25) is 0 Å². The number of unbranched alkanes of at least 4 members (excludes halogenated alkanes) is 2. The molecule has 0 aliphatic carbocycles. The zero-order valence-electron chi connectivity index (χ0n) is 11.5. The van der Waals surface area contributed by atoms with Crippen LogP contribution in [0.15, 0.2) is 12.1 Å². The molecule has 0 fully saturated rings. The van der Waals surface area contributed by atoms with Crippen LogP contribution in [0.5, 0.6) is 0 Å². The molecular formula is C13H17F3N2O3. The number of carboxylic acid groups (broad SMARTS) is 1. The van der Waals surface area contributed by atoms with Gasteiger partial charge in [0.25, 0.3) is 0 Å². The van der Waals surface area contributed by atoms with Crippen LogP contribution in [0.2, 0.25) is 0 Å². The van der Waals surface area contributed by atoms with Gasteiger partial charge in [-0.3, -0.25) is 0 Å². The summed E-state index contributed by atoms with van der Waals surface area (Å²) in [5.74, 6) is -1.58. The van der Waals surface area contributed by atoms with E-state index in [1.807, 2.05) is 0 Å². The van der Waals surface area contributed by atoms with Crippen LogP contribution in [0.4, 0.5) is 19.0 Å². The molecule has 0 spiro atoms. The number of hydrogen-bond donors (Lipinski definition) is 2. The number of nitrogens with one attached hydrogen (secondary N) is 1. The van der Waals surface area contributed by atoms with Crippen molar-refractivity contribution in [3.63, 3.8) is 0 Å². The maximum Gasteiger partial charge on any atom is 0.433 e. The number of aromatic carboxylic acids is 1. The van der Waals surface area contributed by atoms with Crippen molar-refractivity contribution in [2.45, 2.75) is 25.4 Å². The van der Waals surface area contributed by atoms with E-state index in [-0.39, 0.29) is 11.4 Å². The Hall–Kier alpha value is -1.83. The largest absolute Gasteiger partial charge is 0.478 e. The highest BCUT2D eigenvalue weighted by Crippen LogP contribution is 2.29. The molecule has 0 saturated heterocycles. The highest BCUT2D eigenvalue weighted by molar-refractivity contribution is 5.93. The number of nitrogens with zero attached hydrogens (tertiary/aromatic N) is 1. The Morgan fingerprint density at radius 3 is 2.62 bits per heavy atom. The summed E-state index contributed by atoms with van der Waals surface area (Å²) < 4.78 is 42.6. The second-order valence-corrected chi connectivity index (χ2v) is 4.38. The van der Waals surface area contributed by atoms with Gasteiger partial charge in [0.15, 0.2) is 0 Å². The lowest BCUT2D eigenvalue weighted by Gasteiger charge is -2.12. The minimum Gasteiger partial charge on any atom is -0.478 e. The number of anilines is 1. The zero-order chi connectivity index (χ0) is 15.9. The lowest BCUT2D eigenvalue weighted by Crippen LogP contribution is -2.15. The van der Waals surface area contributed by atoms with E-state index in [0.717, 1.165) is 18.9 Å². The van der Waals surface area contributed by atoms with Crippen LogP contribution < -0.4 is 5.32 Å². The average Bonchev–Trinajstić information content (AvgIpc) is 2.41. The maximum absolute atomic E-state index is 12.6. The fourth-order valence-electron chi connectivity index (χ4n) is 1.68. The van der Waals surface area contributed by atoms with E-state index in [4.69, 9.17) is 9.84 Å². The molecule has 0 radical (unpaired) electrons. The standard InChI is InChI=1S/C13H17F3N2O3/c1-21-8-4-2-3-7-17-11-9(12(19)20)5-6-10(18-11)13(14,15)16/h5-6H,2-4,7-8H2,1H3,(H,17,18)(H,19,20). The molecular weight excluding hydrogens is 289 g/mol. The van der Waals surface area contributed by atoms with Gasteiger partial charge in [0, 0.05) is 20.3 Å². The van der Waals surface area contributed by atoms with Gasteiger partial charge in [-0.05, 0) is 31.4 Å². The molecule has 21 heavy (non-hydrogen) atoms. The fourth-order valence-corrected chi connectivity index (χ4v) is 1.68. The van der Waals surface area contributed by atoms with E-state index in [1.165, 1.54) is 0 Å². The monoisotopic (exact) mass is 306 g/mol. The number of rotatable bonds is 8. The summed E-state index contributed by atoms with van der Waals surface area (Å²) in [6.45, 7) is 0.959. The van der Waals surface area contributed by atoms with Crippen LogP contribution in [0.3, 0.4) is 0 Å². The maximum atomic E-state index is 12.6. The van der Waals surface area contributed by atoms with Gasteiger partial charge >= 0.3 is 12.1 Å². The lowest BCUT2D eigenvalue weighted by atomic mass is 10.2. The molecule has 0 aliphatic rings. The van der Waals surface area contributed by atoms with E-state index >= 15 is 0 Å². The number of pyridine rings is 1. The van der Waals surface area contributed by atoms with Gasteiger partial charge in [0.05, 0.1) is 0 Å². The summed E-state index contributed by atoms with van der Waals surface area (Å²) in [6.07, 6.45) is -2.27. The minimum absolute atomic E-state index is 0.260. The van der Waals surface area contributed by atoms with Crippen LogP contribution in [-0.2, 0) is 10.9 Å². The van der Waals surface area contributed by atoms with E-state index in [2.05, 4.69) is 10.3 Å². The minimum atomic E-state index is -4.61. The number of halogens is 3. The van der Waals surface area contributed by atoms with Gasteiger partial charge in [0.1, 0.15) is 17.1 Å². The van der Waals surface area contributed by atoms with Crippen molar-refractivity contribution in [1.82, 2.24) is 4.98 Å². The summed E-state index contributed by atoms with van der Waals surface area (Å²) >= 11 is 0. The second-order valence-electron chi connectivity index (χ2n) is 4.38. The topological polar surface area (TPSA) is 71.5 Å². The Labute approximate surface area is 120 Å². The molecule has 118 valence electrons. The van der Waals surface area contributed by atoms with Crippen molar-refractivity contribution in [2.75, 3.05) is 25.6 Å². The lowest BCUT2D eigenvalue weighted by molar-refractivity contribution is -0.141. The van der Waals surface area contributed by atoms with Crippen molar-refractivity contribution < 1.29 is 27.8 Å². The molecule has 0 atom stereocenters. The Morgan fingerprint density at radius 2 is 2.05 bits per heavy atom. The summed E-state index contributed by atoms with van der Waals surface area (Å²) in [4.78, 5) is 14.3. The van der Waals surface area contributed by atoms with E-state index in [1.54, 1.807) is 7.11 Å². The number of aromatic nitrogens is 1. The van der Waals surface area contributed by atoms with Gasteiger partial charge in [-0.25, -0.2) is 9.78 Å². The van der Waals surface area contributed by atoms with Gasteiger partial charge in [-0.15, -0.1) is 0 Å². The molecule has 1 heterocycles. The molecule has 1 rings (SSSR count). The molecule has 0 unspecified atom stereocenters. The molecule has 0 aromatic carbocycles. The number of carbonyl (C=O) groups is 1. The van der Waals surface area contributed by atoms with Crippen molar-refractivity contribution in [2.24, 2.45) is 0 Å². The molecule has 0 amide bonds.